The van der Waals surface area contributed by atoms with Gasteiger partial charge in [-0.15, -0.1) is 0 Å². The monoisotopic (exact) mass is 1300 g/mol. The number of aliphatic hydroxyl groups excluding tert-OH is 4. The van der Waals surface area contributed by atoms with Gasteiger partial charge in [0.2, 0.25) is 53.2 Å². The van der Waals surface area contributed by atoms with Crippen LogP contribution in [0.5, 0.6) is 0 Å². The summed E-state index contributed by atoms with van der Waals surface area (Å²) in [5.74, 6) is -9.38. The molecule has 1 aliphatic heterocycles. The third kappa shape index (κ3) is 29.5. The number of unbranched alkanes of at least 4 members (excludes halogenated alkanes) is 2. The molecule has 37 nitrogen and oxygen atoms in total. The van der Waals surface area contributed by atoms with E-state index in [0.717, 1.165) is 0 Å². The predicted octanol–water partition coefficient (Wildman–Crippen LogP) is -11.5. The summed E-state index contributed by atoms with van der Waals surface area (Å²) < 4.78 is 0. The Labute approximate surface area is 528 Å². The number of carbonyl (C=O) groups is 10. The number of hydrogen-bond donors (Lipinski definition) is 24. The Balaban J connectivity index is 2.42. The fraction of sp³-hybridized carbons (Fsp3) is 0.704. The molecule has 0 bridgehead atoms. The lowest BCUT2D eigenvalue weighted by Crippen LogP contribution is -2.63. The SMILES string of the molecule is NCCCCNC(=O)[C@H](CCC(O)CN)NC(=O)/C(=C/CCN=C(N)N)NC(=O)[C@H](CCC(O)CN)NC(=O)[C@H](Cc1cnc[nH]1)NC(=O)[C@@H]1CCCN1C(=O)[C@@H](CCCN)NC(=O)CNC(=O)[C@@H](NC(=O)[C@@H](NC(=O)[C@@H](N)CCCCN)[C@@H](O)CN)[C@@H](O)CN. The fourth-order valence-corrected chi connectivity index (χ4v) is 9.21. The van der Waals surface area contributed by atoms with E-state index in [1.807, 2.05) is 0 Å². The molecule has 12 atom stereocenters. The van der Waals surface area contributed by atoms with Crippen LogP contribution in [0.15, 0.2) is 29.3 Å². The fourth-order valence-electron chi connectivity index (χ4n) is 9.21. The minimum atomic E-state index is -1.85. The summed E-state index contributed by atoms with van der Waals surface area (Å²) in [5, 5.41) is 64.5. The maximum absolute atomic E-state index is 14.5. The second kappa shape index (κ2) is 44.0. The van der Waals surface area contributed by atoms with Gasteiger partial charge in [-0.25, -0.2) is 4.98 Å². The van der Waals surface area contributed by atoms with Crippen LogP contribution in [-0.2, 0) is 54.4 Å². The molecule has 2 unspecified atom stereocenters. The van der Waals surface area contributed by atoms with Gasteiger partial charge in [0.1, 0.15) is 48.0 Å². The molecule has 0 aliphatic carbocycles. The lowest BCUT2D eigenvalue weighted by Gasteiger charge is -2.30. The normalized spacial score (nSPS) is 16.8. The van der Waals surface area contributed by atoms with Crippen molar-refractivity contribution in [2.24, 2.45) is 62.3 Å². The van der Waals surface area contributed by atoms with Crippen LogP contribution in [0.4, 0.5) is 0 Å². The number of nitrogens with zero attached hydrogens (tertiary/aromatic N) is 3. The quantitative estimate of drug-likeness (QED) is 0.0125. The number of nitrogens with two attached hydrogens (primary N) is 10. The zero-order valence-corrected chi connectivity index (χ0v) is 51.5. The standard InChI is InChI=1S/C54H101N23O14/c55-16-2-1-8-33(62)45(83)75-44(41(81)26-61)52(90)76-43(40(80)25-60)51(89)68-28-42(82)70-37(9-5-18-57)53(91)77-21-7-11-39(77)50(88)74-38(22-30-27-65-29-69-30)49(87)73-36(15-13-32(79)24-59)48(86)71-34(10-6-20-67-54(63)64)47(85)72-35(14-12-31(78)23-58)46(84)66-19-4-3-17-56/h10,27,29,31-33,35-41,43-44,78-81H,1-9,11-26,28,55-62H2,(H,65,69)(H,66,84)(H,68,89)(H,70,82)(H,71,86)(H,72,85)(H,73,87)(H,74,88)(H,75,83)(H,76,90)(H4,63,64,67)/b34-10-/t31?,32?,33-,35-,36-,37+,38-,39-,40-,41-,43-,44-/m0/s1. The van der Waals surface area contributed by atoms with E-state index in [4.69, 9.17) is 57.3 Å². The number of aromatic amines is 1. The zero-order valence-electron chi connectivity index (χ0n) is 51.5. The van der Waals surface area contributed by atoms with E-state index in [1.165, 1.54) is 23.5 Å². The molecule has 0 spiro atoms. The van der Waals surface area contributed by atoms with E-state index in [0.29, 0.717) is 44.5 Å². The molecule has 34 N–H and O–H groups in total. The highest BCUT2D eigenvalue weighted by Gasteiger charge is 2.40. The van der Waals surface area contributed by atoms with Crippen LogP contribution in [0.1, 0.15) is 95.6 Å². The Kier molecular flexibility index (Phi) is 38.5. The van der Waals surface area contributed by atoms with E-state index in [1.54, 1.807) is 0 Å². The molecular formula is C54H101N23O14. The summed E-state index contributed by atoms with van der Waals surface area (Å²) in [4.78, 5) is 151. The van der Waals surface area contributed by atoms with Crippen molar-refractivity contribution in [3.8, 4) is 0 Å². The Morgan fingerprint density at radius 3 is 1.81 bits per heavy atom. The Morgan fingerprint density at radius 2 is 1.23 bits per heavy atom. The number of aromatic nitrogens is 2. The first kappa shape index (κ1) is 79.5. The highest BCUT2D eigenvalue weighted by Crippen LogP contribution is 2.21. The third-order valence-electron chi connectivity index (χ3n) is 14.5. The van der Waals surface area contributed by atoms with E-state index in [-0.39, 0.29) is 116 Å². The minimum absolute atomic E-state index is 0.00895. The highest BCUT2D eigenvalue weighted by molar-refractivity contribution is 6.02. The molecule has 0 saturated carbocycles. The van der Waals surface area contributed by atoms with Crippen LogP contribution in [0.2, 0.25) is 0 Å². The van der Waals surface area contributed by atoms with Crippen molar-refractivity contribution in [3.05, 3.63) is 30.0 Å². The Bertz CT molecular complexity index is 2490. The Morgan fingerprint density at radius 1 is 0.626 bits per heavy atom. The lowest BCUT2D eigenvalue weighted by molar-refractivity contribution is -0.142. The van der Waals surface area contributed by atoms with Gasteiger partial charge in [-0.1, -0.05) is 12.5 Å². The molecule has 2 heterocycles. The third-order valence-corrected chi connectivity index (χ3v) is 14.5. The summed E-state index contributed by atoms with van der Waals surface area (Å²) >= 11 is 0. The first-order chi connectivity index (χ1) is 43.4. The maximum Gasteiger partial charge on any atom is 0.268 e. The van der Waals surface area contributed by atoms with Crippen molar-refractivity contribution < 1.29 is 68.4 Å². The number of hydrogen-bond acceptors (Lipinski definition) is 24. The molecule has 0 radical (unpaired) electrons. The van der Waals surface area contributed by atoms with Gasteiger partial charge in [0.25, 0.3) is 5.91 Å². The number of carbonyl (C=O) groups excluding carboxylic acids is 10. The molecule has 91 heavy (non-hydrogen) atoms. The molecule has 2 rings (SSSR count). The maximum atomic E-state index is 14.5. The second-order valence-corrected chi connectivity index (χ2v) is 21.8. The first-order valence-corrected chi connectivity index (χ1v) is 30.5. The van der Waals surface area contributed by atoms with Crippen molar-refractivity contribution in [2.75, 3.05) is 72.0 Å². The van der Waals surface area contributed by atoms with E-state index in [2.05, 4.69) is 62.8 Å². The van der Waals surface area contributed by atoms with Crippen LogP contribution in [0.3, 0.4) is 0 Å². The van der Waals surface area contributed by atoms with E-state index >= 15 is 0 Å². The summed E-state index contributed by atoms with van der Waals surface area (Å²) in [6.45, 7) is -1.34. The highest BCUT2D eigenvalue weighted by atomic mass is 16.3. The average Bonchev–Trinajstić information content (AvgIpc) is 3.17. The molecule has 1 aliphatic rings. The van der Waals surface area contributed by atoms with Crippen LogP contribution >= 0.6 is 0 Å². The zero-order chi connectivity index (χ0) is 68.0. The number of H-pyrrole nitrogens is 1. The molecule has 10 amide bonds. The van der Waals surface area contributed by atoms with Gasteiger partial charge in [0, 0.05) is 64.1 Å². The first-order valence-electron chi connectivity index (χ1n) is 30.5. The van der Waals surface area contributed by atoms with Gasteiger partial charge in [-0.05, 0) is 103 Å². The number of imidazole rings is 1. The smallest absolute Gasteiger partial charge is 0.268 e. The molecular weight excluding hydrogens is 1190 g/mol. The van der Waals surface area contributed by atoms with Crippen molar-refractivity contribution in [1.29, 1.82) is 0 Å². The number of aliphatic imine (C=N–C) groups is 1. The van der Waals surface area contributed by atoms with Crippen LogP contribution in [0, 0.1) is 0 Å². The molecule has 1 fully saturated rings. The topological polar surface area (TPSA) is 664 Å². The largest absolute Gasteiger partial charge is 0.392 e. The van der Waals surface area contributed by atoms with Crippen LogP contribution in [0.25, 0.3) is 0 Å². The Hall–Kier alpha value is -7.56. The number of guanidine groups is 1. The molecule has 1 aromatic heterocycles. The number of likely N-dealkylation sites (tertiary alicyclic amines) is 1. The lowest BCUT2D eigenvalue weighted by atomic mass is 10.0. The van der Waals surface area contributed by atoms with E-state index < -0.39 is 157 Å². The van der Waals surface area contributed by atoms with Crippen LogP contribution in [-0.4, -0.2) is 245 Å². The van der Waals surface area contributed by atoms with Gasteiger partial charge >= 0.3 is 0 Å². The minimum Gasteiger partial charge on any atom is -0.392 e. The molecule has 0 aromatic carbocycles. The van der Waals surface area contributed by atoms with Gasteiger partial charge < -0.3 is 135 Å². The second-order valence-electron chi connectivity index (χ2n) is 21.8. The van der Waals surface area contributed by atoms with Crippen LogP contribution < -0.4 is 105 Å². The number of aliphatic hydroxyl groups is 4. The van der Waals surface area contributed by atoms with Crippen molar-refractivity contribution in [1.82, 2.24) is 62.7 Å². The molecule has 1 saturated heterocycles. The molecule has 1 aromatic rings. The van der Waals surface area contributed by atoms with E-state index in [9.17, 15) is 68.4 Å². The average molecular weight is 1300 g/mol. The number of rotatable bonds is 46. The molecule has 516 valence electrons. The van der Waals surface area contributed by atoms with Gasteiger partial charge in [0.15, 0.2) is 5.96 Å². The summed E-state index contributed by atoms with van der Waals surface area (Å²) in [7, 11) is 0. The molecule has 37 heteroatoms. The van der Waals surface area contributed by atoms with Crippen molar-refractivity contribution in [2.45, 2.75) is 169 Å². The number of amides is 10. The summed E-state index contributed by atoms with van der Waals surface area (Å²) in [5.41, 5.74) is 56.4. The predicted molar refractivity (Wildman–Crippen MR) is 332 cm³/mol. The van der Waals surface area contributed by atoms with Crippen molar-refractivity contribution in [3.63, 3.8) is 0 Å². The van der Waals surface area contributed by atoms with Gasteiger partial charge in [0.05, 0.1) is 43.3 Å². The van der Waals surface area contributed by atoms with Gasteiger partial charge in [-0.3, -0.25) is 52.9 Å². The van der Waals surface area contributed by atoms with Crippen molar-refractivity contribution >= 4 is 65.0 Å². The van der Waals surface area contributed by atoms with Gasteiger partial charge in [-0.2, -0.15) is 0 Å². The summed E-state index contributed by atoms with van der Waals surface area (Å²) in [6, 6.07) is -11.6. The summed E-state index contributed by atoms with van der Waals surface area (Å²) in [6.07, 6.45) is 0.474. The number of nitrogens with one attached hydrogen (secondary N) is 10.